The average molecular weight is 483 g/mol. The number of aryl methyl sites for hydroxylation is 1. The monoisotopic (exact) mass is 482 g/mol. The van der Waals surface area contributed by atoms with Crippen LogP contribution in [0.25, 0.3) is 0 Å². The van der Waals surface area contributed by atoms with Crippen LogP contribution < -0.4 is 20.2 Å². The zero-order valence-corrected chi connectivity index (χ0v) is 20.0. The number of rotatable bonds is 11. The number of thiazole rings is 1. The highest BCUT2D eigenvalue weighted by Gasteiger charge is 2.10. The molecule has 1 aromatic heterocycles. The van der Waals surface area contributed by atoms with Gasteiger partial charge in [-0.15, -0.1) is 11.3 Å². The first-order valence-electron chi connectivity index (χ1n) is 10.5. The number of hydrazone groups is 1. The van der Waals surface area contributed by atoms with Crippen molar-refractivity contribution < 1.29 is 23.8 Å². The number of carbonyl (C=O) groups is 2. The van der Waals surface area contributed by atoms with E-state index in [-0.39, 0.29) is 24.9 Å². The summed E-state index contributed by atoms with van der Waals surface area (Å²) in [6, 6.07) is 12.8. The minimum absolute atomic E-state index is 0.122. The van der Waals surface area contributed by atoms with Crippen LogP contribution in [0.15, 0.2) is 52.9 Å². The fraction of sp³-hybridized carbons (Fsp3) is 0.250. The summed E-state index contributed by atoms with van der Waals surface area (Å²) in [5, 5.41) is 9.30. The predicted molar refractivity (Wildman–Crippen MR) is 132 cm³/mol. The van der Waals surface area contributed by atoms with Crippen molar-refractivity contribution in [3.63, 3.8) is 0 Å². The molecule has 3 aromatic rings. The topological polar surface area (TPSA) is 111 Å². The van der Waals surface area contributed by atoms with Crippen LogP contribution in [-0.2, 0) is 20.7 Å². The normalized spacial score (nSPS) is 10.7. The third-order valence-corrected chi connectivity index (χ3v) is 5.20. The van der Waals surface area contributed by atoms with Gasteiger partial charge in [0.05, 0.1) is 32.0 Å². The molecule has 0 bridgehead atoms. The van der Waals surface area contributed by atoms with Gasteiger partial charge in [0.25, 0.3) is 5.91 Å². The third kappa shape index (κ3) is 7.59. The summed E-state index contributed by atoms with van der Waals surface area (Å²) in [4.78, 5) is 28.0. The molecular formula is C24H26N4O5S. The first-order valence-corrected chi connectivity index (χ1v) is 11.4. The van der Waals surface area contributed by atoms with Gasteiger partial charge in [0.1, 0.15) is 0 Å². The van der Waals surface area contributed by atoms with Crippen molar-refractivity contribution >= 4 is 40.2 Å². The standard InChI is InChI=1S/C24H26N4O5S/c1-4-32-23(30)12-19-15-34-24(27-19)28-25-13-17-8-9-20(21(11-17)31-3)33-14-22(29)26-18-7-5-6-16(2)10-18/h5-11,13,15H,4,12,14H2,1-3H3,(H,26,29)(H,27,28). The van der Waals surface area contributed by atoms with Crippen LogP contribution >= 0.6 is 11.3 Å². The molecule has 1 amide bonds. The third-order valence-electron chi connectivity index (χ3n) is 4.40. The number of carbonyl (C=O) groups excluding carboxylic acids is 2. The van der Waals surface area contributed by atoms with E-state index in [1.807, 2.05) is 31.2 Å². The highest BCUT2D eigenvalue weighted by atomic mass is 32.1. The number of amides is 1. The smallest absolute Gasteiger partial charge is 0.311 e. The van der Waals surface area contributed by atoms with Crippen molar-refractivity contribution in [2.45, 2.75) is 20.3 Å². The molecule has 0 fully saturated rings. The van der Waals surface area contributed by atoms with Gasteiger partial charge in [-0.1, -0.05) is 12.1 Å². The number of ether oxygens (including phenoxy) is 3. The molecule has 10 heteroatoms. The summed E-state index contributed by atoms with van der Waals surface area (Å²) in [5.41, 5.74) is 5.98. The number of aromatic nitrogens is 1. The van der Waals surface area contributed by atoms with Gasteiger partial charge in [0.15, 0.2) is 18.1 Å². The van der Waals surface area contributed by atoms with Gasteiger partial charge in [-0.05, 0) is 55.3 Å². The van der Waals surface area contributed by atoms with Crippen LogP contribution in [0.1, 0.15) is 23.7 Å². The predicted octanol–water partition coefficient (Wildman–Crippen LogP) is 4.03. The van der Waals surface area contributed by atoms with E-state index in [2.05, 4.69) is 20.8 Å². The van der Waals surface area contributed by atoms with E-state index in [1.165, 1.54) is 18.4 Å². The van der Waals surface area contributed by atoms with Gasteiger partial charge in [0, 0.05) is 11.1 Å². The number of esters is 1. The number of anilines is 2. The largest absolute Gasteiger partial charge is 0.493 e. The Hall–Kier alpha value is -3.92. The number of nitrogens with one attached hydrogen (secondary N) is 2. The number of hydrogen-bond acceptors (Lipinski definition) is 9. The van der Waals surface area contributed by atoms with Gasteiger partial charge in [0.2, 0.25) is 5.13 Å². The maximum absolute atomic E-state index is 12.2. The first kappa shape index (κ1) is 24.7. The quantitative estimate of drug-likeness (QED) is 0.241. The second-order valence-corrected chi connectivity index (χ2v) is 7.97. The van der Waals surface area contributed by atoms with Crippen LogP contribution in [0.3, 0.4) is 0 Å². The van der Waals surface area contributed by atoms with E-state index >= 15 is 0 Å². The Morgan fingerprint density at radius 2 is 2.03 bits per heavy atom. The fourth-order valence-electron chi connectivity index (χ4n) is 2.91. The Morgan fingerprint density at radius 3 is 2.79 bits per heavy atom. The molecule has 0 unspecified atom stereocenters. The van der Waals surface area contributed by atoms with Gasteiger partial charge < -0.3 is 19.5 Å². The van der Waals surface area contributed by atoms with E-state index in [1.54, 1.807) is 36.7 Å². The number of benzene rings is 2. The zero-order chi connectivity index (χ0) is 24.3. The van der Waals surface area contributed by atoms with Crippen LogP contribution in [0.5, 0.6) is 11.5 Å². The molecule has 1 heterocycles. The van der Waals surface area contributed by atoms with Crippen molar-refractivity contribution in [1.82, 2.24) is 4.98 Å². The average Bonchev–Trinajstić information content (AvgIpc) is 3.25. The van der Waals surface area contributed by atoms with Crippen LogP contribution in [-0.4, -0.2) is 43.4 Å². The maximum atomic E-state index is 12.2. The lowest BCUT2D eigenvalue weighted by atomic mass is 10.2. The minimum Gasteiger partial charge on any atom is -0.493 e. The Balaban J connectivity index is 1.53. The molecule has 0 radical (unpaired) electrons. The van der Waals surface area contributed by atoms with Crippen molar-refractivity contribution in [2.24, 2.45) is 5.10 Å². The molecule has 0 aliphatic heterocycles. The maximum Gasteiger partial charge on any atom is 0.311 e. The second kappa shape index (κ2) is 12.4. The second-order valence-electron chi connectivity index (χ2n) is 7.11. The van der Waals surface area contributed by atoms with Crippen molar-refractivity contribution in [3.8, 4) is 11.5 Å². The molecule has 2 N–H and O–H groups in total. The van der Waals surface area contributed by atoms with Crippen LogP contribution in [0.2, 0.25) is 0 Å². The minimum atomic E-state index is -0.315. The van der Waals surface area contributed by atoms with E-state index in [4.69, 9.17) is 14.2 Å². The Morgan fingerprint density at radius 1 is 1.18 bits per heavy atom. The van der Waals surface area contributed by atoms with Crippen molar-refractivity contribution in [1.29, 1.82) is 0 Å². The van der Waals surface area contributed by atoms with E-state index in [9.17, 15) is 9.59 Å². The van der Waals surface area contributed by atoms with E-state index < -0.39 is 0 Å². The lowest BCUT2D eigenvalue weighted by Gasteiger charge is -2.11. The lowest BCUT2D eigenvalue weighted by molar-refractivity contribution is -0.142. The first-order chi connectivity index (χ1) is 16.5. The molecule has 178 valence electrons. The summed E-state index contributed by atoms with van der Waals surface area (Å²) in [6.45, 7) is 3.90. The van der Waals surface area contributed by atoms with Gasteiger partial charge >= 0.3 is 5.97 Å². The molecule has 0 aliphatic carbocycles. The zero-order valence-electron chi connectivity index (χ0n) is 19.2. The highest BCUT2D eigenvalue weighted by molar-refractivity contribution is 7.13. The Labute approximate surface area is 201 Å². The molecule has 0 aliphatic rings. The highest BCUT2D eigenvalue weighted by Crippen LogP contribution is 2.27. The fourth-order valence-corrected chi connectivity index (χ4v) is 3.57. The molecule has 0 saturated carbocycles. The molecule has 34 heavy (non-hydrogen) atoms. The molecular weight excluding hydrogens is 456 g/mol. The van der Waals surface area contributed by atoms with Crippen LogP contribution in [0, 0.1) is 6.92 Å². The molecule has 3 rings (SSSR count). The summed E-state index contributed by atoms with van der Waals surface area (Å²) >= 11 is 1.34. The SMILES string of the molecule is CCOC(=O)Cc1csc(NN=Cc2ccc(OCC(=O)Nc3cccc(C)c3)c(OC)c2)n1. The van der Waals surface area contributed by atoms with E-state index in [0.717, 1.165) is 11.1 Å². The van der Waals surface area contributed by atoms with E-state index in [0.29, 0.717) is 34.6 Å². The molecule has 9 nitrogen and oxygen atoms in total. The summed E-state index contributed by atoms with van der Waals surface area (Å²) in [6.07, 6.45) is 1.72. The van der Waals surface area contributed by atoms with Crippen molar-refractivity contribution in [3.05, 3.63) is 64.7 Å². The number of nitrogens with zero attached hydrogens (tertiary/aromatic N) is 2. The molecule has 2 aromatic carbocycles. The van der Waals surface area contributed by atoms with Gasteiger partial charge in [-0.3, -0.25) is 15.0 Å². The molecule has 0 atom stereocenters. The van der Waals surface area contributed by atoms with Crippen LogP contribution in [0.4, 0.5) is 10.8 Å². The summed E-state index contributed by atoms with van der Waals surface area (Å²) in [5.74, 6) is 0.326. The molecule has 0 saturated heterocycles. The number of methoxy groups -OCH3 is 1. The Bertz CT molecular complexity index is 1160. The lowest BCUT2D eigenvalue weighted by Crippen LogP contribution is -2.20. The van der Waals surface area contributed by atoms with Crippen molar-refractivity contribution in [2.75, 3.05) is 31.1 Å². The Kier molecular flexibility index (Phi) is 8.98. The van der Waals surface area contributed by atoms with Gasteiger partial charge in [-0.25, -0.2) is 4.98 Å². The summed E-state index contributed by atoms with van der Waals surface area (Å²) in [7, 11) is 1.52. The molecule has 0 spiro atoms. The number of hydrogen-bond donors (Lipinski definition) is 2. The summed E-state index contributed by atoms with van der Waals surface area (Å²) < 4.78 is 15.9. The van der Waals surface area contributed by atoms with Gasteiger partial charge in [-0.2, -0.15) is 5.10 Å².